The van der Waals surface area contributed by atoms with E-state index in [0.717, 1.165) is 19.5 Å². The Hall–Kier alpha value is -0.0100. The molecule has 0 fully saturated rings. The lowest BCUT2D eigenvalue weighted by atomic mass is 10.1. The first-order chi connectivity index (χ1) is 6.02. The predicted molar refractivity (Wildman–Crippen MR) is 61.4 cm³/mol. The maximum absolute atomic E-state index is 6.11. The molecule has 0 rings (SSSR count). The Bertz CT molecular complexity index is 148. The maximum Gasteiger partial charge on any atom is 0.0463 e. The first kappa shape index (κ1) is 13.0. The summed E-state index contributed by atoms with van der Waals surface area (Å²) in [4.78, 5) is 0. The van der Waals surface area contributed by atoms with Gasteiger partial charge >= 0.3 is 0 Å². The average molecular weight is 204 g/mol. The van der Waals surface area contributed by atoms with Gasteiger partial charge in [-0.25, -0.2) is 0 Å². The highest BCUT2D eigenvalue weighted by atomic mass is 35.5. The van der Waals surface area contributed by atoms with Crippen molar-refractivity contribution in [1.82, 2.24) is 5.32 Å². The van der Waals surface area contributed by atoms with Crippen LogP contribution in [0.3, 0.4) is 0 Å². The lowest BCUT2D eigenvalue weighted by Crippen LogP contribution is -2.24. The number of allylic oxidation sites excluding steroid dienone is 1. The summed E-state index contributed by atoms with van der Waals surface area (Å²) in [5.41, 5.74) is 1.35. The van der Waals surface area contributed by atoms with Gasteiger partial charge in [0.15, 0.2) is 0 Å². The molecular weight excluding hydrogens is 182 g/mol. The predicted octanol–water partition coefficient (Wildman–Crippen LogP) is 3.20. The van der Waals surface area contributed by atoms with Crippen molar-refractivity contribution in [1.29, 1.82) is 0 Å². The van der Waals surface area contributed by atoms with E-state index >= 15 is 0 Å². The number of hydrogen-bond acceptors (Lipinski definition) is 1. The fourth-order valence-electron chi connectivity index (χ4n) is 1.11. The third-order valence-corrected chi connectivity index (χ3v) is 2.08. The van der Waals surface area contributed by atoms with Crippen LogP contribution in [0.25, 0.3) is 0 Å². The van der Waals surface area contributed by atoms with E-state index in [9.17, 15) is 0 Å². The fraction of sp³-hybridized carbons (Fsp3) is 0.818. The van der Waals surface area contributed by atoms with Crippen molar-refractivity contribution < 1.29 is 0 Å². The zero-order chi connectivity index (χ0) is 10.3. The van der Waals surface area contributed by atoms with Gasteiger partial charge in [-0.15, -0.1) is 11.6 Å². The summed E-state index contributed by atoms with van der Waals surface area (Å²) < 4.78 is 0. The molecule has 78 valence electrons. The highest BCUT2D eigenvalue weighted by molar-refractivity contribution is 6.20. The maximum atomic E-state index is 6.11. The van der Waals surface area contributed by atoms with Gasteiger partial charge in [-0.3, -0.25) is 0 Å². The highest BCUT2D eigenvalue weighted by Crippen LogP contribution is 2.09. The van der Waals surface area contributed by atoms with Crippen molar-refractivity contribution in [3.8, 4) is 0 Å². The molecule has 0 aromatic rings. The molecule has 0 bridgehead atoms. The van der Waals surface area contributed by atoms with Crippen molar-refractivity contribution >= 4 is 11.6 Å². The minimum Gasteiger partial charge on any atom is -0.312 e. The summed E-state index contributed by atoms with van der Waals surface area (Å²) >= 11 is 6.11. The van der Waals surface area contributed by atoms with Crippen molar-refractivity contribution in [3.63, 3.8) is 0 Å². The Labute approximate surface area is 87.6 Å². The molecule has 0 aromatic heterocycles. The molecule has 0 aromatic carbocycles. The van der Waals surface area contributed by atoms with Crippen LogP contribution >= 0.6 is 11.6 Å². The molecule has 1 N–H and O–H groups in total. The molecule has 1 unspecified atom stereocenters. The van der Waals surface area contributed by atoms with Gasteiger partial charge in [0.25, 0.3) is 0 Å². The molecule has 0 aliphatic rings. The SMILES string of the molecule is CC(C)=CCNCC(Cl)CC(C)C. The van der Waals surface area contributed by atoms with Gasteiger partial charge in [0.05, 0.1) is 0 Å². The minimum atomic E-state index is 0.269. The molecule has 0 saturated carbocycles. The van der Waals surface area contributed by atoms with Gasteiger partial charge in [0.1, 0.15) is 0 Å². The van der Waals surface area contributed by atoms with E-state index in [1.807, 2.05) is 0 Å². The second-order valence-electron chi connectivity index (χ2n) is 4.17. The van der Waals surface area contributed by atoms with Crippen LogP contribution in [0.4, 0.5) is 0 Å². The number of rotatable bonds is 6. The Morgan fingerprint density at radius 3 is 2.46 bits per heavy atom. The van der Waals surface area contributed by atoms with Crippen LogP contribution in [0, 0.1) is 5.92 Å². The number of hydrogen-bond donors (Lipinski definition) is 1. The van der Waals surface area contributed by atoms with Gasteiger partial charge in [0.2, 0.25) is 0 Å². The summed E-state index contributed by atoms with van der Waals surface area (Å²) in [5, 5.41) is 3.58. The van der Waals surface area contributed by atoms with Crippen LogP contribution in [0.1, 0.15) is 34.1 Å². The summed E-state index contributed by atoms with van der Waals surface area (Å²) in [5.74, 6) is 0.688. The molecule has 0 amide bonds. The Kier molecular flexibility index (Phi) is 7.39. The topological polar surface area (TPSA) is 12.0 Å². The summed E-state index contributed by atoms with van der Waals surface area (Å²) in [6.07, 6.45) is 3.27. The molecule has 0 radical (unpaired) electrons. The van der Waals surface area contributed by atoms with Gasteiger partial charge in [-0.05, 0) is 26.2 Å². The molecule has 0 aliphatic heterocycles. The summed E-state index contributed by atoms with van der Waals surface area (Å²) in [7, 11) is 0. The summed E-state index contributed by atoms with van der Waals surface area (Å²) in [6, 6.07) is 0. The molecule has 2 heteroatoms. The largest absolute Gasteiger partial charge is 0.312 e. The summed E-state index contributed by atoms with van der Waals surface area (Å²) in [6.45, 7) is 10.5. The molecule has 0 heterocycles. The molecule has 0 spiro atoms. The number of alkyl halides is 1. The third-order valence-electron chi connectivity index (χ3n) is 1.75. The van der Waals surface area contributed by atoms with E-state index < -0.39 is 0 Å². The van der Waals surface area contributed by atoms with Crippen LogP contribution in [-0.4, -0.2) is 18.5 Å². The lowest BCUT2D eigenvalue weighted by Gasteiger charge is -2.11. The van der Waals surface area contributed by atoms with Crippen LogP contribution in [0.15, 0.2) is 11.6 Å². The molecule has 1 atom stereocenters. The number of halogens is 1. The number of nitrogens with one attached hydrogen (secondary N) is 1. The Morgan fingerprint density at radius 2 is 2.00 bits per heavy atom. The zero-order valence-corrected chi connectivity index (χ0v) is 9.99. The minimum absolute atomic E-state index is 0.269. The monoisotopic (exact) mass is 203 g/mol. The second-order valence-corrected chi connectivity index (χ2v) is 4.78. The van der Waals surface area contributed by atoms with Crippen molar-refractivity contribution in [2.75, 3.05) is 13.1 Å². The molecule has 0 saturated heterocycles. The molecule has 0 aliphatic carbocycles. The smallest absolute Gasteiger partial charge is 0.0463 e. The first-order valence-corrected chi connectivity index (χ1v) is 5.44. The van der Waals surface area contributed by atoms with Crippen LogP contribution in [0.2, 0.25) is 0 Å². The van der Waals surface area contributed by atoms with E-state index in [0.29, 0.717) is 5.92 Å². The van der Waals surface area contributed by atoms with Crippen LogP contribution in [-0.2, 0) is 0 Å². The lowest BCUT2D eigenvalue weighted by molar-refractivity contribution is 0.543. The Balaban J connectivity index is 3.37. The van der Waals surface area contributed by atoms with Gasteiger partial charge < -0.3 is 5.32 Å². The van der Waals surface area contributed by atoms with Crippen molar-refractivity contribution in [2.45, 2.75) is 39.5 Å². The van der Waals surface area contributed by atoms with Crippen LogP contribution in [0.5, 0.6) is 0 Å². The van der Waals surface area contributed by atoms with E-state index in [1.54, 1.807) is 0 Å². The standard InChI is InChI=1S/C11H22ClN/c1-9(2)5-6-13-8-11(12)7-10(3)4/h5,10-11,13H,6-8H2,1-4H3. The van der Waals surface area contributed by atoms with E-state index in [1.165, 1.54) is 5.57 Å². The second kappa shape index (κ2) is 7.40. The van der Waals surface area contributed by atoms with Gasteiger partial charge in [-0.1, -0.05) is 25.5 Å². The quantitative estimate of drug-likeness (QED) is 0.397. The van der Waals surface area contributed by atoms with E-state index in [4.69, 9.17) is 11.6 Å². The highest BCUT2D eigenvalue weighted by Gasteiger charge is 2.05. The van der Waals surface area contributed by atoms with Gasteiger partial charge in [0, 0.05) is 18.5 Å². The Morgan fingerprint density at radius 1 is 1.38 bits per heavy atom. The van der Waals surface area contributed by atoms with Gasteiger partial charge in [-0.2, -0.15) is 0 Å². The fourth-order valence-corrected chi connectivity index (χ4v) is 1.58. The van der Waals surface area contributed by atoms with Crippen molar-refractivity contribution in [2.24, 2.45) is 5.92 Å². The van der Waals surface area contributed by atoms with Crippen LogP contribution < -0.4 is 5.32 Å². The normalized spacial score (nSPS) is 13.1. The molecule has 13 heavy (non-hydrogen) atoms. The zero-order valence-electron chi connectivity index (χ0n) is 9.23. The molecular formula is C11H22ClN. The molecule has 1 nitrogen and oxygen atoms in total. The average Bonchev–Trinajstić information content (AvgIpc) is 1.96. The third kappa shape index (κ3) is 9.91. The first-order valence-electron chi connectivity index (χ1n) is 5.00. The van der Waals surface area contributed by atoms with Crippen molar-refractivity contribution in [3.05, 3.63) is 11.6 Å². The van der Waals surface area contributed by atoms with E-state index in [2.05, 4.69) is 39.1 Å². The van der Waals surface area contributed by atoms with E-state index in [-0.39, 0.29) is 5.38 Å².